The van der Waals surface area contributed by atoms with Crippen molar-refractivity contribution >= 4 is 35.3 Å². The van der Waals surface area contributed by atoms with Gasteiger partial charge in [-0.05, 0) is 54.9 Å². The molecule has 0 bridgehead atoms. The lowest BCUT2D eigenvalue weighted by Crippen LogP contribution is -2.44. The molecule has 1 heterocycles. The van der Waals surface area contributed by atoms with Gasteiger partial charge < -0.3 is 10.2 Å². The van der Waals surface area contributed by atoms with Crippen molar-refractivity contribution in [2.45, 2.75) is 17.5 Å². The maximum atomic E-state index is 13.3. The van der Waals surface area contributed by atoms with Crippen LogP contribution in [0, 0.1) is 0 Å². The summed E-state index contributed by atoms with van der Waals surface area (Å²) in [4.78, 5) is 30.8. The van der Waals surface area contributed by atoms with Gasteiger partial charge >= 0.3 is 6.18 Å². The number of anilines is 1. The summed E-state index contributed by atoms with van der Waals surface area (Å²) < 4.78 is 38.7. The maximum Gasteiger partial charge on any atom is 0.416 e. The summed E-state index contributed by atoms with van der Waals surface area (Å²) in [5, 5.41) is 2.89. The molecular formula is C29H28F3N3O2S. The summed E-state index contributed by atoms with van der Waals surface area (Å²) in [6, 6.07) is 22.1. The maximum absolute atomic E-state index is 13.3. The number of para-hydroxylation sites is 1. The summed E-state index contributed by atoms with van der Waals surface area (Å²) in [7, 11) is 2.00. The van der Waals surface area contributed by atoms with E-state index in [9.17, 15) is 22.8 Å². The Morgan fingerprint density at radius 1 is 0.974 bits per heavy atom. The number of nitrogens with one attached hydrogen (secondary N) is 1. The first-order valence-corrected chi connectivity index (χ1v) is 13.0. The van der Waals surface area contributed by atoms with Gasteiger partial charge in [-0.15, -0.1) is 0 Å². The number of benzene rings is 3. The Kier molecular flexibility index (Phi) is 8.91. The molecule has 1 aliphatic heterocycles. The highest BCUT2D eigenvalue weighted by Gasteiger charge is 2.31. The Bertz CT molecular complexity index is 1290. The zero-order valence-corrected chi connectivity index (χ0v) is 21.7. The number of thioether (sulfide) groups is 1. The van der Waals surface area contributed by atoms with E-state index < -0.39 is 11.7 Å². The first kappa shape index (κ1) is 27.5. The third-order valence-electron chi connectivity index (χ3n) is 6.11. The zero-order chi connectivity index (χ0) is 27.1. The van der Waals surface area contributed by atoms with Gasteiger partial charge in [0.15, 0.2) is 0 Å². The van der Waals surface area contributed by atoms with E-state index >= 15 is 0 Å². The van der Waals surface area contributed by atoms with Crippen LogP contribution in [0.4, 0.5) is 18.9 Å². The van der Waals surface area contributed by atoms with Crippen LogP contribution < -0.4 is 10.2 Å². The minimum absolute atomic E-state index is 0.158. The second-order valence-electron chi connectivity index (χ2n) is 8.98. The minimum Gasteiger partial charge on any atom is -0.353 e. The molecular weight excluding hydrogens is 511 g/mol. The molecule has 3 aromatic rings. The second kappa shape index (κ2) is 12.3. The third kappa shape index (κ3) is 7.26. The van der Waals surface area contributed by atoms with E-state index in [-0.39, 0.29) is 18.4 Å². The number of carbonyl (C=O) groups excluding carboxylic acids is 2. The van der Waals surface area contributed by atoms with Gasteiger partial charge in [-0.25, -0.2) is 0 Å². The minimum atomic E-state index is -4.43. The molecule has 0 saturated heterocycles. The molecule has 0 atom stereocenters. The van der Waals surface area contributed by atoms with E-state index in [1.165, 1.54) is 34.4 Å². The van der Waals surface area contributed by atoms with Crippen molar-refractivity contribution in [3.8, 4) is 0 Å². The largest absolute Gasteiger partial charge is 0.416 e. The van der Waals surface area contributed by atoms with E-state index in [0.717, 1.165) is 30.0 Å². The van der Waals surface area contributed by atoms with Crippen LogP contribution in [0.3, 0.4) is 0 Å². The van der Waals surface area contributed by atoms with Crippen LogP contribution in [0.5, 0.6) is 0 Å². The first-order valence-electron chi connectivity index (χ1n) is 12.2. The quantitative estimate of drug-likeness (QED) is 0.366. The van der Waals surface area contributed by atoms with Gasteiger partial charge in [0.25, 0.3) is 5.91 Å². The highest BCUT2D eigenvalue weighted by atomic mass is 32.2. The van der Waals surface area contributed by atoms with Gasteiger partial charge in [0, 0.05) is 24.5 Å². The molecule has 198 valence electrons. The predicted molar refractivity (Wildman–Crippen MR) is 145 cm³/mol. The Labute approximate surface area is 224 Å². The lowest BCUT2D eigenvalue weighted by Gasteiger charge is -2.30. The van der Waals surface area contributed by atoms with E-state index in [2.05, 4.69) is 22.3 Å². The molecule has 0 fully saturated rings. The molecule has 3 aromatic carbocycles. The van der Waals surface area contributed by atoms with Crippen LogP contribution >= 0.6 is 11.8 Å². The molecule has 1 N–H and O–H groups in total. The SMILES string of the molecule is CN(CCNC(=O)CN1C(=O)C(=Cc2ccc(C(F)(F)F)cc2)Sc2ccccc21)CCc1ccccc1. The standard InChI is InChI=1S/C29H28F3N3O2S/c1-34(17-15-21-7-3-2-4-8-21)18-16-33-27(36)20-35-24-9-5-6-10-25(24)38-26(28(35)37)19-22-11-13-23(14-12-22)29(30,31)32/h2-14,19H,15-18,20H2,1H3,(H,33,36). The van der Waals surface area contributed by atoms with Gasteiger partial charge in [0.05, 0.1) is 16.2 Å². The van der Waals surface area contributed by atoms with Crippen LogP contribution in [-0.4, -0.2) is 49.9 Å². The topological polar surface area (TPSA) is 52.7 Å². The zero-order valence-electron chi connectivity index (χ0n) is 20.9. The molecule has 9 heteroatoms. The Morgan fingerprint density at radius 2 is 1.66 bits per heavy atom. The monoisotopic (exact) mass is 539 g/mol. The first-order chi connectivity index (χ1) is 18.2. The molecule has 4 rings (SSSR count). The lowest BCUT2D eigenvalue weighted by molar-refractivity contribution is -0.137. The lowest BCUT2D eigenvalue weighted by atomic mass is 10.1. The van der Waals surface area contributed by atoms with Crippen LogP contribution in [0.15, 0.2) is 88.7 Å². The fourth-order valence-corrected chi connectivity index (χ4v) is 5.06. The third-order valence-corrected chi connectivity index (χ3v) is 7.19. The fourth-order valence-electron chi connectivity index (χ4n) is 4.00. The van der Waals surface area contributed by atoms with Gasteiger partial charge in [-0.2, -0.15) is 13.2 Å². The smallest absolute Gasteiger partial charge is 0.353 e. The number of halogens is 3. The highest BCUT2D eigenvalue weighted by Crippen LogP contribution is 2.42. The molecule has 38 heavy (non-hydrogen) atoms. The molecule has 0 saturated carbocycles. The Morgan fingerprint density at radius 3 is 2.37 bits per heavy atom. The van der Waals surface area contributed by atoms with E-state index in [4.69, 9.17) is 0 Å². The Balaban J connectivity index is 1.37. The van der Waals surface area contributed by atoms with Crippen molar-refractivity contribution in [1.29, 1.82) is 0 Å². The highest BCUT2D eigenvalue weighted by molar-refractivity contribution is 8.04. The van der Waals surface area contributed by atoms with Crippen LogP contribution in [0.1, 0.15) is 16.7 Å². The van der Waals surface area contributed by atoms with Crippen molar-refractivity contribution in [1.82, 2.24) is 10.2 Å². The van der Waals surface area contributed by atoms with Gasteiger partial charge in [0.2, 0.25) is 5.91 Å². The number of carbonyl (C=O) groups is 2. The number of alkyl halides is 3. The normalized spacial score (nSPS) is 14.6. The average Bonchev–Trinajstić information content (AvgIpc) is 2.90. The number of rotatable bonds is 9. The Hall–Kier alpha value is -3.56. The fraction of sp³-hybridized carbons (Fsp3) is 0.241. The van der Waals surface area contributed by atoms with Gasteiger partial charge in [-0.1, -0.05) is 66.4 Å². The molecule has 0 aromatic heterocycles. The van der Waals surface area contributed by atoms with Crippen LogP contribution in [0.25, 0.3) is 6.08 Å². The van der Waals surface area contributed by atoms with E-state index in [1.54, 1.807) is 18.2 Å². The van der Waals surface area contributed by atoms with Crippen molar-refractivity contribution < 1.29 is 22.8 Å². The van der Waals surface area contributed by atoms with Gasteiger partial charge in [0.1, 0.15) is 6.54 Å². The predicted octanol–water partition coefficient (Wildman–Crippen LogP) is 5.48. The van der Waals surface area contributed by atoms with Gasteiger partial charge in [-0.3, -0.25) is 14.5 Å². The average molecular weight is 540 g/mol. The van der Waals surface area contributed by atoms with Crippen molar-refractivity contribution in [3.63, 3.8) is 0 Å². The summed E-state index contributed by atoms with van der Waals surface area (Å²) >= 11 is 1.24. The van der Waals surface area contributed by atoms with Crippen molar-refractivity contribution in [2.75, 3.05) is 38.1 Å². The number of nitrogens with zero attached hydrogens (tertiary/aromatic N) is 2. The molecule has 0 radical (unpaired) electrons. The number of amides is 2. The van der Waals surface area contributed by atoms with Crippen molar-refractivity contribution in [3.05, 3.63) is 100 Å². The summed E-state index contributed by atoms with van der Waals surface area (Å²) in [6.07, 6.45) is -1.97. The van der Waals surface area contributed by atoms with E-state index in [0.29, 0.717) is 29.2 Å². The molecule has 0 aliphatic carbocycles. The summed E-state index contributed by atoms with van der Waals surface area (Å²) in [5.41, 5.74) is 1.60. The number of likely N-dealkylation sites (N-methyl/N-ethyl adjacent to an activating group) is 1. The van der Waals surface area contributed by atoms with E-state index in [1.807, 2.05) is 37.4 Å². The molecule has 0 unspecified atom stereocenters. The number of hydrogen-bond acceptors (Lipinski definition) is 4. The number of hydrogen-bond donors (Lipinski definition) is 1. The second-order valence-corrected chi connectivity index (χ2v) is 10.1. The summed E-state index contributed by atoms with van der Waals surface area (Å²) in [6.45, 7) is 1.80. The molecule has 5 nitrogen and oxygen atoms in total. The van der Waals surface area contributed by atoms with Crippen LogP contribution in [0.2, 0.25) is 0 Å². The molecule has 1 aliphatic rings. The number of fused-ring (bicyclic) bond motifs is 1. The molecule has 2 amide bonds. The van der Waals surface area contributed by atoms with Crippen molar-refractivity contribution in [2.24, 2.45) is 0 Å². The van der Waals surface area contributed by atoms with Crippen LogP contribution in [-0.2, 0) is 22.2 Å². The summed E-state index contributed by atoms with van der Waals surface area (Å²) in [5.74, 6) is -0.658. The molecule has 0 spiro atoms.